The van der Waals surface area contributed by atoms with Crippen LogP contribution in [-0.2, 0) is 16.1 Å². The van der Waals surface area contributed by atoms with Crippen molar-refractivity contribution in [3.63, 3.8) is 0 Å². The first-order valence-electron chi connectivity index (χ1n) is 8.06. The van der Waals surface area contributed by atoms with Gasteiger partial charge >= 0.3 is 5.97 Å². The Balaban J connectivity index is 1.76. The molecule has 1 aliphatic heterocycles. The Labute approximate surface area is 159 Å². The fourth-order valence-electron chi connectivity index (χ4n) is 2.94. The highest BCUT2D eigenvalue weighted by molar-refractivity contribution is 7.18. The molecule has 2 aromatic carbocycles. The molecule has 28 heavy (non-hydrogen) atoms. The molecule has 0 aliphatic carbocycles. The van der Waals surface area contributed by atoms with Gasteiger partial charge in [-0.05, 0) is 24.3 Å². The summed E-state index contributed by atoms with van der Waals surface area (Å²) in [7, 11) is 0. The van der Waals surface area contributed by atoms with E-state index in [1.165, 1.54) is 6.07 Å². The normalized spacial score (nSPS) is 16.2. The number of ether oxygens (including phenoxy) is 1. The first-order valence-corrected chi connectivity index (χ1v) is 8.88. The summed E-state index contributed by atoms with van der Waals surface area (Å²) in [6.07, 6.45) is -1.90. The van der Waals surface area contributed by atoms with E-state index in [1.807, 2.05) is 0 Å². The molecule has 1 unspecified atom stereocenters. The number of hydrogen-bond donors (Lipinski definition) is 1. The molecule has 1 amide bonds. The van der Waals surface area contributed by atoms with Crippen molar-refractivity contribution in [1.82, 2.24) is 4.98 Å². The van der Waals surface area contributed by atoms with Gasteiger partial charge < -0.3 is 9.84 Å². The van der Waals surface area contributed by atoms with Crippen LogP contribution < -0.4 is 9.64 Å². The van der Waals surface area contributed by atoms with Crippen molar-refractivity contribution in [2.45, 2.75) is 19.1 Å². The molecule has 0 saturated carbocycles. The lowest BCUT2D eigenvalue weighted by atomic mass is 10.1. The second-order valence-corrected chi connectivity index (χ2v) is 7.14. The average Bonchev–Trinajstić information content (AvgIpc) is 3.07. The fraction of sp³-hybridized carbons (Fsp3) is 0.167. The van der Waals surface area contributed by atoms with Gasteiger partial charge in [-0.2, -0.15) is 0 Å². The quantitative estimate of drug-likeness (QED) is 0.715. The van der Waals surface area contributed by atoms with Gasteiger partial charge in [0.2, 0.25) is 0 Å². The molecule has 0 bridgehead atoms. The van der Waals surface area contributed by atoms with Gasteiger partial charge in [0.1, 0.15) is 27.9 Å². The zero-order chi connectivity index (χ0) is 20.0. The van der Waals surface area contributed by atoms with E-state index in [0.29, 0.717) is 0 Å². The summed E-state index contributed by atoms with van der Waals surface area (Å²) in [4.78, 5) is 28.9. The van der Waals surface area contributed by atoms with E-state index < -0.39 is 41.9 Å². The molecule has 0 spiro atoms. The molecule has 10 heteroatoms. The number of aliphatic carboxylic acids is 1. The van der Waals surface area contributed by atoms with E-state index in [0.717, 1.165) is 40.5 Å². The maximum atomic E-state index is 13.9. The fourth-order valence-corrected chi connectivity index (χ4v) is 3.91. The van der Waals surface area contributed by atoms with Gasteiger partial charge in [-0.15, -0.1) is 11.3 Å². The van der Waals surface area contributed by atoms with Crippen LogP contribution in [0.1, 0.15) is 11.4 Å². The van der Waals surface area contributed by atoms with Crippen molar-refractivity contribution < 1.29 is 32.6 Å². The maximum Gasteiger partial charge on any atom is 0.307 e. The summed E-state index contributed by atoms with van der Waals surface area (Å²) < 4.78 is 46.9. The molecule has 1 aliphatic rings. The number of carbonyl (C=O) groups is 2. The van der Waals surface area contributed by atoms with Crippen LogP contribution in [0.5, 0.6) is 5.75 Å². The average molecular weight is 408 g/mol. The summed E-state index contributed by atoms with van der Waals surface area (Å²) in [5.41, 5.74) is -0.0749. The second-order valence-electron chi connectivity index (χ2n) is 6.06. The number of carboxylic acid groups (broad SMARTS) is 1. The number of carbonyl (C=O) groups excluding carboxylic acids is 1. The summed E-state index contributed by atoms with van der Waals surface area (Å²) in [6, 6.07) is 5.41. The molecule has 1 aromatic heterocycles. The standard InChI is InChI=1S/C18H11F3N2O4S/c19-8-1-4-12-11(5-8)23(18(26)13(27-12)6-15(24)25)7-14-22-16-9(20)2-3-10(21)17(16)28-14/h1-5,13H,6-7H2,(H,24,25). The number of amides is 1. The molecule has 6 nitrogen and oxygen atoms in total. The van der Waals surface area contributed by atoms with Crippen molar-refractivity contribution >= 4 is 39.1 Å². The van der Waals surface area contributed by atoms with E-state index in [-0.39, 0.29) is 33.2 Å². The first-order chi connectivity index (χ1) is 13.3. The van der Waals surface area contributed by atoms with Crippen LogP contribution >= 0.6 is 11.3 Å². The lowest BCUT2D eigenvalue weighted by Crippen LogP contribution is -2.46. The summed E-state index contributed by atoms with van der Waals surface area (Å²) >= 11 is 0.857. The molecule has 3 aromatic rings. The predicted octanol–water partition coefficient (Wildman–Crippen LogP) is 3.48. The Morgan fingerprint density at radius 3 is 2.68 bits per heavy atom. The SMILES string of the molecule is O=C(O)CC1Oc2ccc(F)cc2N(Cc2nc3c(F)ccc(F)c3s2)C1=O. The Morgan fingerprint density at radius 1 is 1.21 bits per heavy atom. The Bertz CT molecular complexity index is 1080. The molecular formula is C18H11F3N2O4S. The molecule has 2 heterocycles. The van der Waals surface area contributed by atoms with E-state index in [4.69, 9.17) is 9.84 Å². The highest BCUT2D eigenvalue weighted by atomic mass is 32.1. The topological polar surface area (TPSA) is 79.7 Å². The smallest absolute Gasteiger partial charge is 0.307 e. The third-order valence-corrected chi connectivity index (χ3v) is 5.21. The first kappa shape index (κ1) is 18.2. The molecule has 0 saturated heterocycles. The number of anilines is 1. The van der Waals surface area contributed by atoms with Crippen LogP contribution in [0.25, 0.3) is 10.2 Å². The van der Waals surface area contributed by atoms with Gasteiger partial charge in [-0.3, -0.25) is 14.5 Å². The van der Waals surface area contributed by atoms with E-state index in [9.17, 15) is 22.8 Å². The number of rotatable bonds is 4. The van der Waals surface area contributed by atoms with Crippen LogP contribution in [0, 0.1) is 17.5 Å². The van der Waals surface area contributed by atoms with Crippen LogP contribution in [0.15, 0.2) is 30.3 Å². The molecular weight excluding hydrogens is 397 g/mol. The Hall–Kier alpha value is -3.14. The van der Waals surface area contributed by atoms with Crippen molar-refractivity contribution in [2.24, 2.45) is 0 Å². The minimum atomic E-state index is -1.31. The minimum Gasteiger partial charge on any atom is -0.481 e. The molecule has 1 atom stereocenters. The van der Waals surface area contributed by atoms with E-state index >= 15 is 0 Å². The number of aromatic nitrogens is 1. The third kappa shape index (κ3) is 3.15. The zero-order valence-electron chi connectivity index (χ0n) is 14.0. The molecule has 0 radical (unpaired) electrons. The number of hydrogen-bond acceptors (Lipinski definition) is 5. The second kappa shape index (κ2) is 6.79. The Kier molecular flexibility index (Phi) is 4.42. The van der Waals surface area contributed by atoms with E-state index in [1.54, 1.807) is 0 Å². The molecule has 4 rings (SSSR count). The minimum absolute atomic E-state index is 0.00254. The third-order valence-electron chi connectivity index (χ3n) is 4.17. The predicted molar refractivity (Wildman–Crippen MR) is 93.8 cm³/mol. The van der Waals surface area contributed by atoms with Gasteiger partial charge in [0.25, 0.3) is 5.91 Å². The number of carboxylic acids is 1. The highest BCUT2D eigenvalue weighted by Gasteiger charge is 2.36. The number of thiazole rings is 1. The summed E-state index contributed by atoms with van der Waals surface area (Å²) in [6.45, 7) is -0.215. The number of halogens is 3. The van der Waals surface area contributed by atoms with Crippen LogP contribution in [0.2, 0.25) is 0 Å². The molecule has 144 valence electrons. The van der Waals surface area contributed by atoms with Gasteiger partial charge in [0, 0.05) is 6.07 Å². The van der Waals surface area contributed by atoms with Gasteiger partial charge in [0.05, 0.1) is 23.4 Å². The van der Waals surface area contributed by atoms with Gasteiger partial charge in [-0.1, -0.05) is 0 Å². The van der Waals surface area contributed by atoms with E-state index in [2.05, 4.69) is 4.98 Å². The number of benzene rings is 2. The maximum absolute atomic E-state index is 13.9. The molecule has 0 fully saturated rings. The number of nitrogens with zero attached hydrogens (tertiary/aromatic N) is 2. The zero-order valence-corrected chi connectivity index (χ0v) is 14.8. The summed E-state index contributed by atoms with van der Waals surface area (Å²) in [5, 5.41) is 9.21. The molecule has 1 N–H and O–H groups in total. The monoisotopic (exact) mass is 408 g/mol. The van der Waals surface area contributed by atoms with Crippen molar-refractivity contribution in [2.75, 3.05) is 4.90 Å². The van der Waals surface area contributed by atoms with Crippen molar-refractivity contribution in [3.05, 3.63) is 52.8 Å². The summed E-state index contributed by atoms with van der Waals surface area (Å²) in [5.74, 6) is -3.80. The Morgan fingerprint density at radius 2 is 1.96 bits per heavy atom. The van der Waals surface area contributed by atoms with Crippen LogP contribution in [0.3, 0.4) is 0 Å². The highest BCUT2D eigenvalue weighted by Crippen LogP contribution is 2.37. The van der Waals surface area contributed by atoms with Crippen LogP contribution in [-0.4, -0.2) is 28.1 Å². The lowest BCUT2D eigenvalue weighted by Gasteiger charge is -2.33. The van der Waals surface area contributed by atoms with Crippen molar-refractivity contribution in [3.8, 4) is 5.75 Å². The number of fused-ring (bicyclic) bond motifs is 2. The van der Waals surface area contributed by atoms with Gasteiger partial charge in [-0.25, -0.2) is 18.2 Å². The van der Waals surface area contributed by atoms with Crippen LogP contribution in [0.4, 0.5) is 18.9 Å². The van der Waals surface area contributed by atoms with Gasteiger partial charge in [0.15, 0.2) is 11.9 Å². The van der Waals surface area contributed by atoms with Crippen molar-refractivity contribution in [1.29, 1.82) is 0 Å². The lowest BCUT2D eigenvalue weighted by molar-refractivity contribution is -0.142. The largest absolute Gasteiger partial charge is 0.481 e.